The molecule has 5 N–H and O–H groups in total. The van der Waals surface area contributed by atoms with Crippen molar-refractivity contribution in [3.05, 3.63) is 48.4 Å². The van der Waals surface area contributed by atoms with E-state index in [0.29, 0.717) is 17.8 Å². The highest BCUT2D eigenvalue weighted by Crippen LogP contribution is 2.33. The Bertz CT molecular complexity index is 1130. The topological polar surface area (TPSA) is 148 Å². The van der Waals surface area contributed by atoms with Gasteiger partial charge in [0.25, 0.3) is 0 Å². The highest BCUT2D eigenvalue weighted by Gasteiger charge is 2.46. The number of nitrogens with zero attached hydrogens (tertiary/aromatic N) is 4. The average Bonchev–Trinajstić information content (AvgIpc) is 3.40. The van der Waals surface area contributed by atoms with Crippen LogP contribution in [0.3, 0.4) is 0 Å². The fourth-order valence-corrected chi connectivity index (χ4v) is 4.21. The van der Waals surface area contributed by atoms with Gasteiger partial charge in [-0.25, -0.2) is 9.97 Å². The molecule has 1 fully saturated rings. The Balaban J connectivity index is 1.49. The van der Waals surface area contributed by atoms with Gasteiger partial charge in [0, 0.05) is 20.3 Å². The van der Waals surface area contributed by atoms with Crippen molar-refractivity contribution in [3.63, 3.8) is 0 Å². The number of hydrogen-bond donors (Lipinski definition) is 4. The van der Waals surface area contributed by atoms with Crippen molar-refractivity contribution in [2.24, 2.45) is 5.73 Å². The maximum absolute atomic E-state index is 12.8. The largest absolute Gasteiger partial charge is 0.497 e. The van der Waals surface area contributed by atoms with Crippen molar-refractivity contribution in [2.75, 3.05) is 32.7 Å². The molecule has 3 heterocycles. The number of ether oxygens (including phenoxy) is 2. The molecule has 0 aliphatic carbocycles. The summed E-state index contributed by atoms with van der Waals surface area (Å²) in [7, 11) is 5.34. The number of nitrogens with two attached hydrogens (primary N) is 1. The van der Waals surface area contributed by atoms with Crippen LogP contribution in [0.2, 0.25) is 0 Å². The lowest BCUT2D eigenvalue weighted by atomic mass is 10.0. The van der Waals surface area contributed by atoms with Crippen LogP contribution in [-0.2, 0) is 16.0 Å². The van der Waals surface area contributed by atoms with Crippen molar-refractivity contribution in [1.29, 1.82) is 0 Å². The third kappa shape index (κ3) is 4.55. The van der Waals surface area contributed by atoms with Crippen molar-refractivity contribution < 1.29 is 24.5 Å². The number of benzene rings is 1. The number of rotatable bonds is 8. The summed E-state index contributed by atoms with van der Waals surface area (Å²) in [5.74, 6) is 0.992. The Labute approximate surface area is 197 Å². The van der Waals surface area contributed by atoms with E-state index in [0.717, 1.165) is 16.8 Å². The smallest absolute Gasteiger partial charge is 0.237 e. The van der Waals surface area contributed by atoms with Gasteiger partial charge in [-0.15, -0.1) is 0 Å². The molecule has 34 heavy (non-hydrogen) atoms. The molecule has 3 aromatic rings. The number of amides is 1. The maximum atomic E-state index is 12.8. The fourth-order valence-electron chi connectivity index (χ4n) is 4.21. The zero-order valence-electron chi connectivity index (χ0n) is 19.3. The lowest BCUT2D eigenvalue weighted by Gasteiger charge is -2.23. The monoisotopic (exact) mass is 470 g/mol. The van der Waals surface area contributed by atoms with E-state index in [-0.39, 0.29) is 6.61 Å². The van der Waals surface area contributed by atoms with Crippen molar-refractivity contribution in [2.45, 2.75) is 36.9 Å². The van der Waals surface area contributed by atoms with Gasteiger partial charge in [0.1, 0.15) is 35.7 Å². The molecule has 1 aliphatic heterocycles. The number of methoxy groups -OCH3 is 1. The van der Waals surface area contributed by atoms with Crippen LogP contribution in [0.4, 0.5) is 5.82 Å². The van der Waals surface area contributed by atoms with Crippen LogP contribution < -0.4 is 20.7 Å². The van der Waals surface area contributed by atoms with Gasteiger partial charge in [-0.3, -0.25) is 4.79 Å². The van der Waals surface area contributed by atoms with E-state index in [4.69, 9.17) is 15.2 Å². The number of carbonyl (C=O) groups is 1. The molecule has 0 saturated carbocycles. The number of fused-ring (bicyclic) bond motifs is 1. The predicted molar refractivity (Wildman–Crippen MR) is 125 cm³/mol. The first kappa shape index (κ1) is 23.9. The highest BCUT2D eigenvalue weighted by atomic mass is 16.5. The van der Waals surface area contributed by atoms with Gasteiger partial charge in [-0.2, -0.15) is 0 Å². The van der Waals surface area contributed by atoms with Gasteiger partial charge in [0.2, 0.25) is 5.91 Å². The molecule has 1 aromatic carbocycles. The van der Waals surface area contributed by atoms with Crippen LogP contribution in [0.5, 0.6) is 5.75 Å². The summed E-state index contributed by atoms with van der Waals surface area (Å²) in [4.78, 5) is 23.3. The SMILES string of the molecule is COc1ccc(C[C@H](N)C(=O)N[C@H]2[C@@H](O)[C@H](n3ccc4c(N(C)C)ncnc43)O[C@@H]2CO)cc1. The molecule has 0 unspecified atom stereocenters. The summed E-state index contributed by atoms with van der Waals surface area (Å²) in [6.45, 7) is -0.386. The van der Waals surface area contributed by atoms with Crippen LogP contribution in [0.15, 0.2) is 42.9 Å². The van der Waals surface area contributed by atoms with Gasteiger partial charge < -0.3 is 40.2 Å². The molecule has 11 nitrogen and oxygen atoms in total. The van der Waals surface area contributed by atoms with Crippen molar-refractivity contribution in [1.82, 2.24) is 19.9 Å². The zero-order valence-corrected chi connectivity index (χ0v) is 19.3. The Hall–Kier alpha value is -3.25. The zero-order chi connectivity index (χ0) is 24.4. The second-order valence-electron chi connectivity index (χ2n) is 8.48. The van der Waals surface area contributed by atoms with E-state index in [1.807, 2.05) is 37.2 Å². The average molecular weight is 471 g/mol. The van der Waals surface area contributed by atoms with E-state index in [1.54, 1.807) is 30.0 Å². The van der Waals surface area contributed by atoms with Crippen molar-refractivity contribution >= 4 is 22.8 Å². The van der Waals surface area contributed by atoms with Gasteiger partial charge in [0.05, 0.1) is 31.2 Å². The molecule has 0 bridgehead atoms. The quantitative estimate of drug-likeness (QED) is 0.352. The second kappa shape index (κ2) is 9.94. The Morgan fingerprint density at radius 3 is 2.68 bits per heavy atom. The van der Waals surface area contributed by atoms with E-state index in [1.165, 1.54) is 6.33 Å². The van der Waals surface area contributed by atoms with Gasteiger partial charge in [-0.1, -0.05) is 12.1 Å². The van der Waals surface area contributed by atoms with Crippen LogP contribution in [0.25, 0.3) is 11.0 Å². The molecule has 2 aromatic heterocycles. The van der Waals surface area contributed by atoms with Crippen LogP contribution in [0, 0.1) is 0 Å². The van der Waals surface area contributed by atoms with Crippen LogP contribution in [0.1, 0.15) is 11.8 Å². The minimum absolute atomic E-state index is 0.305. The predicted octanol–water partition coefficient (Wildman–Crippen LogP) is -0.189. The first-order valence-corrected chi connectivity index (χ1v) is 11.0. The minimum atomic E-state index is -1.14. The van der Waals surface area contributed by atoms with Crippen molar-refractivity contribution in [3.8, 4) is 5.75 Å². The summed E-state index contributed by atoms with van der Waals surface area (Å²) in [5, 5.41) is 24.5. The normalized spacial score (nSPS) is 23.1. The number of aliphatic hydroxyl groups excluding tert-OH is 2. The van der Waals surface area contributed by atoms with Crippen LogP contribution in [-0.4, -0.2) is 82.8 Å². The summed E-state index contributed by atoms with van der Waals surface area (Å²) < 4.78 is 12.8. The summed E-state index contributed by atoms with van der Waals surface area (Å²) in [6.07, 6.45) is 0.680. The van der Waals surface area contributed by atoms with E-state index in [2.05, 4.69) is 15.3 Å². The van der Waals surface area contributed by atoms with E-state index >= 15 is 0 Å². The third-order valence-corrected chi connectivity index (χ3v) is 6.00. The molecule has 1 amide bonds. The number of aliphatic hydroxyl groups is 2. The molecular formula is C23H30N6O5. The Morgan fingerprint density at radius 2 is 2.03 bits per heavy atom. The van der Waals surface area contributed by atoms with Crippen LogP contribution >= 0.6 is 0 Å². The van der Waals surface area contributed by atoms with E-state index < -0.39 is 36.4 Å². The molecular weight excluding hydrogens is 440 g/mol. The minimum Gasteiger partial charge on any atom is -0.497 e. The fraction of sp³-hybridized carbons (Fsp3) is 0.435. The Kier molecular flexibility index (Phi) is 6.98. The first-order valence-electron chi connectivity index (χ1n) is 11.0. The standard InChI is InChI=1S/C23H30N6O5/c1-28(2)20-15-8-9-29(21(15)26-12-25-20)23-19(31)18(17(11-30)34-23)27-22(32)16(24)10-13-4-6-14(33-3)7-5-13/h4-9,12,16-19,23,30-31H,10-11,24H2,1-3H3,(H,27,32)/t16-,17+,18+,19+,23+/m0/s1. The molecule has 5 atom stereocenters. The molecule has 1 aliphatic rings. The number of carbonyl (C=O) groups excluding carboxylic acids is 1. The number of nitrogens with one attached hydrogen (secondary N) is 1. The second-order valence-corrected chi connectivity index (χ2v) is 8.48. The summed E-state index contributed by atoms with van der Waals surface area (Å²) >= 11 is 0. The number of aromatic nitrogens is 3. The number of hydrogen-bond acceptors (Lipinski definition) is 9. The molecule has 0 spiro atoms. The van der Waals surface area contributed by atoms with Gasteiger partial charge in [-0.05, 0) is 30.2 Å². The van der Waals surface area contributed by atoms with Gasteiger partial charge in [0.15, 0.2) is 6.23 Å². The van der Waals surface area contributed by atoms with E-state index in [9.17, 15) is 15.0 Å². The molecule has 0 radical (unpaired) electrons. The Morgan fingerprint density at radius 1 is 1.29 bits per heavy atom. The molecule has 182 valence electrons. The van der Waals surface area contributed by atoms with Gasteiger partial charge >= 0.3 is 0 Å². The third-order valence-electron chi connectivity index (χ3n) is 6.00. The molecule has 11 heteroatoms. The highest BCUT2D eigenvalue weighted by molar-refractivity contribution is 5.87. The maximum Gasteiger partial charge on any atom is 0.237 e. The molecule has 4 rings (SSSR count). The molecule has 1 saturated heterocycles. The number of anilines is 1. The first-order chi connectivity index (χ1) is 16.3. The lowest BCUT2D eigenvalue weighted by Crippen LogP contribution is -2.53. The summed E-state index contributed by atoms with van der Waals surface area (Å²) in [6, 6.07) is 7.42. The lowest BCUT2D eigenvalue weighted by molar-refractivity contribution is -0.124. The summed E-state index contributed by atoms with van der Waals surface area (Å²) in [5.41, 5.74) is 7.57.